The highest BCUT2D eigenvalue weighted by Gasteiger charge is 2.30. The number of hydrogen-bond donors (Lipinski definition) is 1. The number of likely N-dealkylation sites (tertiary alicyclic amines) is 1. The third kappa shape index (κ3) is 4.36. The summed E-state index contributed by atoms with van der Waals surface area (Å²) in [5, 5.41) is 0. The predicted molar refractivity (Wildman–Crippen MR) is 75.9 cm³/mol. The highest BCUT2D eigenvalue weighted by Crippen LogP contribution is 2.30. The molecule has 0 amide bonds. The second-order valence-corrected chi connectivity index (χ2v) is 5.28. The number of hydrogen-bond acceptors (Lipinski definition) is 2. The summed E-state index contributed by atoms with van der Waals surface area (Å²) in [6.07, 6.45) is -2.18. The van der Waals surface area contributed by atoms with E-state index in [4.69, 9.17) is 5.73 Å². The van der Waals surface area contributed by atoms with Crippen LogP contribution >= 0.6 is 12.4 Å². The number of aryl methyl sites for hydroxylation is 1. The predicted octanol–water partition coefficient (Wildman–Crippen LogP) is 3.36. The topological polar surface area (TPSA) is 29.3 Å². The van der Waals surface area contributed by atoms with Gasteiger partial charge in [0.15, 0.2) is 0 Å². The second kappa shape index (κ2) is 6.78. The smallest absolute Gasteiger partial charge is 0.327 e. The standard InChI is InChI=1S/C14H19F3N2.ClH/c1-10-7-12(14(15,16)17)5-4-11(10)8-19-6-2-3-13(18)9-19;/h4-5,7,13H,2-3,6,8-9,18H2,1H3;1H/t13-;/m1./s1. The molecule has 1 atom stereocenters. The number of nitrogens with zero attached hydrogens (tertiary/aromatic N) is 1. The molecule has 0 radical (unpaired) electrons. The van der Waals surface area contributed by atoms with Gasteiger partial charge in [-0.3, -0.25) is 4.90 Å². The molecular weight excluding hydrogens is 289 g/mol. The van der Waals surface area contributed by atoms with Crippen LogP contribution in [0.5, 0.6) is 0 Å². The third-order valence-corrected chi connectivity index (χ3v) is 3.61. The van der Waals surface area contributed by atoms with Crippen LogP contribution in [0.4, 0.5) is 13.2 Å². The van der Waals surface area contributed by atoms with Crippen molar-refractivity contribution in [2.75, 3.05) is 13.1 Å². The van der Waals surface area contributed by atoms with Crippen LogP contribution in [0.15, 0.2) is 18.2 Å². The maximum absolute atomic E-state index is 12.6. The molecule has 1 aliphatic rings. The van der Waals surface area contributed by atoms with Crippen molar-refractivity contribution in [3.8, 4) is 0 Å². The molecule has 1 aromatic carbocycles. The van der Waals surface area contributed by atoms with Gasteiger partial charge in [-0.05, 0) is 49.6 Å². The molecule has 114 valence electrons. The van der Waals surface area contributed by atoms with E-state index < -0.39 is 11.7 Å². The number of piperidine rings is 1. The summed E-state index contributed by atoms with van der Waals surface area (Å²) < 4.78 is 37.7. The fourth-order valence-corrected chi connectivity index (χ4v) is 2.53. The number of rotatable bonds is 2. The van der Waals surface area contributed by atoms with Crippen LogP contribution in [0.3, 0.4) is 0 Å². The lowest BCUT2D eigenvalue weighted by molar-refractivity contribution is -0.137. The van der Waals surface area contributed by atoms with E-state index in [1.807, 2.05) is 0 Å². The van der Waals surface area contributed by atoms with Crippen molar-refractivity contribution >= 4 is 12.4 Å². The van der Waals surface area contributed by atoms with Crippen molar-refractivity contribution in [2.24, 2.45) is 5.73 Å². The minimum atomic E-state index is -4.27. The summed E-state index contributed by atoms with van der Waals surface area (Å²) in [5.41, 5.74) is 6.96. The van der Waals surface area contributed by atoms with E-state index in [2.05, 4.69) is 4.90 Å². The van der Waals surface area contributed by atoms with Gasteiger partial charge in [0, 0.05) is 19.1 Å². The molecular formula is C14H20ClF3N2. The molecule has 0 aromatic heterocycles. The minimum Gasteiger partial charge on any atom is -0.327 e. The fourth-order valence-electron chi connectivity index (χ4n) is 2.53. The van der Waals surface area contributed by atoms with Gasteiger partial charge < -0.3 is 5.73 Å². The molecule has 0 saturated carbocycles. The minimum absolute atomic E-state index is 0. The molecule has 0 unspecified atom stereocenters. The molecule has 1 aliphatic heterocycles. The quantitative estimate of drug-likeness (QED) is 0.908. The van der Waals surface area contributed by atoms with E-state index >= 15 is 0 Å². The summed E-state index contributed by atoms with van der Waals surface area (Å²) in [4.78, 5) is 2.21. The maximum atomic E-state index is 12.6. The van der Waals surface area contributed by atoms with Gasteiger partial charge in [-0.1, -0.05) is 6.07 Å². The van der Waals surface area contributed by atoms with E-state index in [-0.39, 0.29) is 18.4 Å². The molecule has 0 spiro atoms. The van der Waals surface area contributed by atoms with Crippen molar-refractivity contribution in [2.45, 2.75) is 38.5 Å². The first-order chi connectivity index (χ1) is 8.86. The molecule has 1 heterocycles. The Morgan fingerprint density at radius 1 is 1.35 bits per heavy atom. The van der Waals surface area contributed by atoms with Gasteiger partial charge in [-0.15, -0.1) is 12.4 Å². The van der Waals surface area contributed by atoms with E-state index in [9.17, 15) is 13.2 Å². The van der Waals surface area contributed by atoms with Crippen molar-refractivity contribution < 1.29 is 13.2 Å². The summed E-state index contributed by atoms with van der Waals surface area (Å²) in [6, 6.07) is 4.15. The molecule has 2 nitrogen and oxygen atoms in total. The summed E-state index contributed by atoms with van der Waals surface area (Å²) >= 11 is 0. The van der Waals surface area contributed by atoms with Crippen LogP contribution in [-0.2, 0) is 12.7 Å². The highest BCUT2D eigenvalue weighted by molar-refractivity contribution is 5.85. The van der Waals surface area contributed by atoms with E-state index in [1.165, 1.54) is 6.07 Å². The molecule has 1 aromatic rings. The molecule has 20 heavy (non-hydrogen) atoms. The van der Waals surface area contributed by atoms with Crippen LogP contribution < -0.4 is 5.73 Å². The fraction of sp³-hybridized carbons (Fsp3) is 0.571. The zero-order valence-electron chi connectivity index (χ0n) is 11.4. The van der Waals surface area contributed by atoms with Gasteiger partial charge in [-0.2, -0.15) is 13.2 Å². The average molecular weight is 309 g/mol. The van der Waals surface area contributed by atoms with Gasteiger partial charge in [-0.25, -0.2) is 0 Å². The zero-order chi connectivity index (χ0) is 14.0. The highest BCUT2D eigenvalue weighted by atomic mass is 35.5. The van der Waals surface area contributed by atoms with Crippen LogP contribution in [0.2, 0.25) is 0 Å². The van der Waals surface area contributed by atoms with Crippen molar-refractivity contribution in [1.29, 1.82) is 0 Å². The van der Waals surface area contributed by atoms with E-state index in [0.717, 1.165) is 37.6 Å². The lowest BCUT2D eigenvalue weighted by Crippen LogP contribution is -2.42. The first-order valence-electron chi connectivity index (χ1n) is 6.51. The molecule has 2 rings (SSSR count). The van der Waals surface area contributed by atoms with Crippen molar-refractivity contribution in [3.05, 3.63) is 34.9 Å². The molecule has 1 saturated heterocycles. The molecule has 0 aliphatic carbocycles. The lowest BCUT2D eigenvalue weighted by Gasteiger charge is -2.31. The van der Waals surface area contributed by atoms with Gasteiger partial charge >= 0.3 is 6.18 Å². The first kappa shape index (κ1) is 17.3. The number of nitrogens with two attached hydrogens (primary N) is 1. The summed E-state index contributed by atoms with van der Waals surface area (Å²) in [6.45, 7) is 4.20. The van der Waals surface area contributed by atoms with Gasteiger partial charge in [0.25, 0.3) is 0 Å². The Labute approximate surface area is 123 Å². The van der Waals surface area contributed by atoms with Crippen LogP contribution in [-0.4, -0.2) is 24.0 Å². The van der Waals surface area contributed by atoms with Gasteiger partial charge in [0.2, 0.25) is 0 Å². The Morgan fingerprint density at radius 3 is 2.60 bits per heavy atom. The normalized spacial score (nSPS) is 20.6. The van der Waals surface area contributed by atoms with Crippen molar-refractivity contribution in [3.63, 3.8) is 0 Å². The number of alkyl halides is 3. The Balaban J connectivity index is 0.00000200. The van der Waals surface area contributed by atoms with Gasteiger partial charge in [0.1, 0.15) is 0 Å². The maximum Gasteiger partial charge on any atom is 0.416 e. The van der Waals surface area contributed by atoms with Crippen LogP contribution in [0.1, 0.15) is 29.5 Å². The molecule has 6 heteroatoms. The van der Waals surface area contributed by atoms with Gasteiger partial charge in [0.05, 0.1) is 5.56 Å². The average Bonchev–Trinajstić information content (AvgIpc) is 2.30. The third-order valence-electron chi connectivity index (χ3n) is 3.61. The number of benzene rings is 1. The Bertz CT molecular complexity index is 449. The Hall–Kier alpha value is -0.780. The summed E-state index contributed by atoms with van der Waals surface area (Å²) in [5.74, 6) is 0. The Morgan fingerprint density at radius 2 is 2.05 bits per heavy atom. The first-order valence-corrected chi connectivity index (χ1v) is 6.51. The Kier molecular flexibility index (Phi) is 5.86. The SMILES string of the molecule is Cc1cc(C(F)(F)F)ccc1CN1CCC[C@@H](N)C1.Cl. The van der Waals surface area contributed by atoms with Crippen LogP contribution in [0, 0.1) is 6.92 Å². The molecule has 0 bridgehead atoms. The largest absolute Gasteiger partial charge is 0.416 e. The molecule has 2 N–H and O–H groups in total. The zero-order valence-corrected chi connectivity index (χ0v) is 12.2. The van der Waals surface area contributed by atoms with E-state index in [1.54, 1.807) is 13.0 Å². The van der Waals surface area contributed by atoms with Crippen molar-refractivity contribution in [1.82, 2.24) is 4.90 Å². The molecule has 1 fully saturated rings. The summed E-state index contributed by atoms with van der Waals surface area (Å²) in [7, 11) is 0. The monoisotopic (exact) mass is 308 g/mol. The van der Waals surface area contributed by atoms with Crippen LogP contribution in [0.25, 0.3) is 0 Å². The van der Waals surface area contributed by atoms with E-state index in [0.29, 0.717) is 12.1 Å². The second-order valence-electron chi connectivity index (χ2n) is 5.28. The lowest BCUT2D eigenvalue weighted by atomic mass is 10.0. The number of halogens is 4.